The second-order valence-electron chi connectivity index (χ2n) is 4.84. The molecule has 2 aromatic rings. The molecule has 2 rings (SSSR count). The number of aryl methyl sites for hydroxylation is 1. The molecule has 106 valence electrons. The molecule has 0 unspecified atom stereocenters. The van der Waals surface area contributed by atoms with Gasteiger partial charge in [-0.25, -0.2) is 4.39 Å². The lowest BCUT2D eigenvalue weighted by Crippen LogP contribution is -2.20. The van der Waals surface area contributed by atoms with Gasteiger partial charge < -0.3 is 10.6 Å². The smallest absolute Gasteiger partial charge is 0.139 e. The molecule has 0 bridgehead atoms. The average Bonchev–Trinajstić information content (AvgIpc) is 2.44. The molecule has 0 atom stereocenters. The summed E-state index contributed by atoms with van der Waals surface area (Å²) >= 11 is 3.20. The normalized spacial score (nSPS) is 10.6. The third kappa shape index (κ3) is 3.73. The van der Waals surface area contributed by atoms with Crippen LogP contribution in [0.5, 0.6) is 0 Å². The summed E-state index contributed by atoms with van der Waals surface area (Å²) in [6.07, 6.45) is 2.04. The maximum Gasteiger partial charge on any atom is 0.139 e. The van der Waals surface area contributed by atoms with Gasteiger partial charge in [0.15, 0.2) is 0 Å². The molecule has 0 saturated carbocycles. The Morgan fingerprint density at radius 2 is 1.90 bits per heavy atom. The minimum Gasteiger partial charge on any atom is -0.397 e. The molecule has 0 aliphatic carbocycles. The van der Waals surface area contributed by atoms with Crippen molar-refractivity contribution in [3.63, 3.8) is 0 Å². The van der Waals surface area contributed by atoms with Crippen molar-refractivity contribution in [2.45, 2.75) is 12.8 Å². The minimum absolute atomic E-state index is 0.330. The third-order valence-corrected chi connectivity index (χ3v) is 3.89. The zero-order valence-corrected chi connectivity index (χ0v) is 13.0. The largest absolute Gasteiger partial charge is 0.397 e. The van der Waals surface area contributed by atoms with Crippen LogP contribution in [0.2, 0.25) is 0 Å². The van der Waals surface area contributed by atoms with Gasteiger partial charge in [0, 0.05) is 19.7 Å². The number of hydrogen-bond donors (Lipinski definition) is 1. The van der Waals surface area contributed by atoms with Crippen molar-refractivity contribution < 1.29 is 4.39 Å². The van der Waals surface area contributed by atoms with Crippen molar-refractivity contribution >= 4 is 27.3 Å². The summed E-state index contributed by atoms with van der Waals surface area (Å²) in [4.78, 5) is 2.06. The molecule has 2 nitrogen and oxygen atoms in total. The van der Waals surface area contributed by atoms with Crippen molar-refractivity contribution in [3.8, 4) is 0 Å². The fourth-order valence-electron chi connectivity index (χ4n) is 2.17. The summed E-state index contributed by atoms with van der Waals surface area (Å²) in [7, 11) is 1.97. The fourth-order valence-corrected chi connectivity index (χ4v) is 2.50. The zero-order valence-electron chi connectivity index (χ0n) is 11.4. The number of nitrogens with zero attached hydrogens (tertiary/aromatic N) is 1. The highest BCUT2D eigenvalue weighted by molar-refractivity contribution is 9.10. The lowest BCUT2D eigenvalue weighted by Gasteiger charge is -2.21. The Hall–Kier alpha value is -1.55. The van der Waals surface area contributed by atoms with Gasteiger partial charge >= 0.3 is 0 Å². The topological polar surface area (TPSA) is 29.3 Å². The van der Waals surface area contributed by atoms with Crippen LogP contribution >= 0.6 is 15.9 Å². The Morgan fingerprint density at radius 3 is 2.60 bits per heavy atom. The number of benzene rings is 2. The van der Waals surface area contributed by atoms with Gasteiger partial charge in [0.25, 0.3) is 0 Å². The number of nitrogens with two attached hydrogens (primary N) is 1. The monoisotopic (exact) mass is 336 g/mol. The van der Waals surface area contributed by atoms with Crippen LogP contribution in [0.3, 0.4) is 0 Å². The Kier molecular flexibility index (Phi) is 5.01. The lowest BCUT2D eigenvalue weighted by molar-refractivity contribution is 0.621. The van der Waals surface area contributed by atoms with Gasteiger partial charge in [-0.2, -0.15) is 0 Å². The highest BCUT2D eigenvalue weighted by Crippen LogP contribution is 2.29. The van der Waals surface area contributed by atoms with E-state index in [0.29, 0.717) is 10.2 Å². The maximum atomic E-state index is 13.4. The van der Waals surface area contributed by atoms with E-state index in [1.165, 1.54) is 11.6 Å². The van der Waals surface area contributed by atoms with Gasteiger partial charge in [-0.15, -0.1) is 0 Å². The lowest BCUT2D eigenvalue weighted by atomic mass is 10.1. The van der Waals surface area contributed by atoms with Crippen molar-refractivity contribution in [1.29, 1.82) is 0 Å². The summed E-state index contributed by atoms with van der Waals surface area (Å²) in [5.74, 6) is -0.330. The summed E-state index contributed by atoms with van der Waals surface area (Å²) in [5, 5.41) is 0. The van der Waals surface area contributed by atoms with E-state index in [2.05, 4.69) is 33.0 Å². The van der Waals surface area contributed by atoms with Crippen LogP contribution in [0.1, 0.15) is 12.0 Å². The fraction of sp³-hybridized carbons (Fsp3) is 0.250. The van der Waals surface area contributed by atoms with Crippen LogP contribution in [-0.2, 0) is 6.42 Å². The van der Waals surface area contributed by atoms with E-state index in [4.69, 9.17) is 5.73 Å². The van der Waals surface area contributed by atoms with Gasteiger partial charge in [-0.1, -0.05) is 30.3 Å². The number of hydrogen-bond acceptors (Lipinski definition) is 2. The zero-order chi connectivity index (χ0) is 14.5. The predicted molar refractivity (Wildman–Crippen MR) is 86.5 cm³/mol. The van der Waals surface area contributed by atoms with Gasteiger partial charge in [-0.05, 0) is 40.4 Å². The number of halogens is 2. The molecule has 20 heavy (non-hydrogen) atoms. The first-order valence-corrected chi connectivity index (χ1v) is 7.37. The Labute approximate surface area is 127 Å². The molecule has 0 aromatic heterocycles. The molecule has 2 aromatic carbocycles. The third-order valence-electron chi connectivity index (χ3n) is 3.28. The quantitative estimate of drug-likeness (QED) is 0.827. The van der Waals surface area contributed by atoms with Gasteiger partial charge in [0.1, 0.15) is 5.82 Å². The first-order valence-electron chi connectivity index (χ1n) is 6.57. The van der Waals surface area contributed by atoms with Gasteiger partial charge in [0.05, 0.1) is 15.8 Å². The van der Waals surface area contributed by atoms with E-state index in [0.717, 1.165) is 25.1 Å². The van der Waals surface area contributed by atoms with E-state index >= 15 is 0 Å². The van der Waals surface area contributed by atoms with E-state index < -0.39 is 0 Å². The van der Waals surface area contributed by atoms with Gasteiger partial charge in [-0.3, -0.25) is 0 Å². The number of nitrogen functional groups attached to an aromatic ring is 1. The minimum atomic E-state index is -0.330. The molecular formula is C16H18BrFN2. The highest BCUT2D eigenvalue weighted by Gasteiger charge is 2.09. The van der Waals surface area contributed by atoms with Crippen LogP contribution in [-0.4, -0.2) is 13.6 Å². The molecule has 0 aliphatic rings. The van der Waals surface area contributed by atoms with Crippen molar-refractivity contribution in [3.05, 3.63) is 58.3 Å². The summed E-state index contributed by atoms with van der Waals surface area (Å²) in [6, 6.07) is 13.5. The molecule has 2 N–H and O–H groups in total. The van der Waals surface area contributed by atoms with E-state index in [9.17, 15) is 4.39 Å². The first kappa shape index (κ1) is 14.9. The highest BCUT2D eigenvalue weighted by atomic mass is 79.9. The molecule has 0 fully saturated rings. The first-order chi connectivity index (χ1) is 9.58. The number of anilines is 2. The van der Waals surface area contributed by atoms with Crippen LogP contribution < -0.4 is 10.6 Å². The van der Waals surface area contributed by atoms with Crippen LogP contribution in [0.15, 0.2) is 46.9 Å². The molecule has 0 radical (unpaired) electrons. The summed E-state index contributed by atoms with van der Waals surface area (Å²) in [5.41, 5.74) is 8.52. The summed E-state index contributed by atoms with van der Waals surface area (Å²) in [6.45, 7) is 0.872. The molecule has 0 aliphatic heterocycles. The Balaban J connectivity index is 1.95. The van der Waals surface area contributed by atoms with Crippen LogP contribution in [0, 0.1) is 5.82 Å². The molecule has 4 heteroatoms. The van der Waals surface area contributed by atoms with Crippen molar-refractivity contribution in [2.75, 3.05) is 24.2 Å². The molecule has 0 amide bonds. The van der Waals surface area contributed by atoms with Crippen molar-refractivity contribution in [2.24, 2.45) is 0 Å². The Bertz CT molecular complexity index is 572. The molecular weight excluding hydrogens is 319 g/mol. The van der Waals surface area contributed by atoms with Gasteiger partial charge in [0.2, 0.25) is 0 Å². The molecule has 0 heterocycles. The van der Waals surface area contributed by atoms with Crippen LogP contribution in [0.4, 0.5) is 15.8 Å². The molecule has 0 saturated heterocycles. The second-order valence-corrected chi connectivity index (χ2v) is 5.69. The van der Waals surface area contributed by atoms with E-state index in [-0.39, 0.29) is 5.82 Å². The molecule has 0 spiro atoms. The van der Waals surface area contributed by atoms with E-state index in [1.54, 1.807) is 6.07 Å². The standard InChI is InChI=1S/C16H18BrFN2/c1-20(9-5-8-12-6-3-2-4-7-12)16-10-13(17)14(18)11-15(16)19/h2-4,6-7,10-11H,5,8-9,19H2,1H3. The Morgan fingerprint density at radius 1 is 1.20 bits per heavy atom. The van der Waals surface area contributed by atoms with Crippen LogP contribution in [0.25, 0.3) is 0 Å². The second kappa shape index (κ2) is 6.75. The predicted octanol–water partition coefficient (Wildman–Crippen LogP) is 4.24. The average molecular weight is 337 g/mol. The number of rotatable bonds is 5. The maximum absolute atomic E-state index is 13.4. The summed E-state index contributed by atoms with van der Waals surface area (Å²) < 4.78 is 13.8. The van der Waals surface area contributed by atoms with Crippen molar-refractivity contribution in [1.82, 2.24) is 0 Å². The van der Waals surface area contributed by atoms with E-state index in [1.807, 2.05) is 25.2 Å². The SMILES string of the molecule is CN(CCCc1ccccc1)c1cc(Br)c(F)cc1N.